The van der Waals surface area contributed by atoms with Crippen LogP contribution in [0, 0.1) is 11.3 Å². The highest BCUT2D eigenvalue weighted by Gasteiger charge is 2.25. The minimum Gasteiger partial charge on any atom is -0.310 e. The number of hydrogen-bond donors (Lipinski definition) is 0. The number of anilines is 1. The van der Waals surface area contributed by atoms with Crippen molar-refractivity contribution < 1.29 is 4.79 Å². The highest BCUT2D eigenvalue weighted by Crippen LogP contribution is 2.30. The molecule has 0 saturated carbocycles. The molecule has 28 heavy (non-hydrogen) atoms. The van der Waals surface area contributed by atoms with Crippen LogP contribution in [-0.4, -0.2) is 32.5 Å². The first-order valence-corrected chi connectivity index (χ1v) is 10.8. The van der Waals surface area contributed by atoms with Gasteiger partial charge in [0.05, 0.1) is 22.6 Å². The van der Waals surface area contributed by atoms with E-state index in [1.165, 1.54) is 11.8 Å². The number of aromatic nitrogens is 3. The summed E-state index contributed by atoms with van der Waals surface area (Å²) in [5, 5.41) is 20.0. The van der Waals surface area contributed by atoms with Crippen molar-refractivity contribution in [3.63, 3.8) is 0 Å². The average molecular weight is 412 g/mol. The summed E-state index contributed by atoms with van der Waals surface area (Å²) in [6.07, 6.45) is 0.283. The lowest BCUT2D eigenvalue weighted by atomic mass is 10.2. The van der Waals surface area contributed by atoms with Gasteiger partial charge in [0.25, 0.3) is 0 Å². The number of rotatable bonds is 8. The fourth-order valence-corrected chi connectivity index (χ4v) is 4.51. The normalized spacial score (nSPS) is 11.8. The van der Waals surface area contributed by atoms with E-state index in [4.69, 9.17) is 5.26 Å². The molecule has 3 aromatic rings. The topological polar surface area (TPSA) is 74.8 Å². The number of hydrogen-bond acceptors (Lipinski definition) is 6. The lowest BCUT2D eigenvalue weighted by molar-refractivity contribution is -0.117. The zero-order valence-corrected chi connectivity index (χ0v) is 17.4. The standard InChI is InChI=1S/C20H21N5OS2/c1-3-24-18(17-11-7-14-27-17)22-23-20(24)28-15(2)19(26)25(13-8-12-21)16-9-5-4-6-10-16/h4-7,9-11,14-15H,3,8,13H2,1-2H3/t15-/m0/s1. The van der Waals surface area contributed by atoms with Crippen molar-refractivity contribution >= 4 is 34.7 Å². The predicted octanol–water partition coefficient (Wildman–Crippen LogP) is 4.45. The van der Waals surface area contributed by atoms with E-state index in [-0.39, 0.29) is 17.6 Å². The van der Waals surface area contributed by atoms with Gasteiger partial charge >= 0.3 is 0 Å². The minimum atomic E-state index is -0.357. The SMILES string of the molecule is CCn1c(S[C@@H](C)C(=O)N(CCC#N)c2ccccc2)nnc1-c1cccs1. The molecule has 0 unspecified atom stereocenters. The summed E-state index contributed by atoms with van der Waals surface area (Å²) in [6.45, 7) is 5.00. The van der Waals surface area contributed by atoms with Gasteiger partial charge in [-0.25, -0.2) is 0 Å². The van der Waals surface area contributed by atoms with Gasteiger partial charge in [-0.05, 0) is 37.4 Å². The number of carbonyl (C=O) groups is 1. The maximum atomic E-state index is 13.1. The van der Waals surface area contributed by atoms with Gasteiger partial charge in [0.1, 0.15) is 0 Å². The van der Waals surface area contributed by atoms with E-state index in [0.29, 0.717) is 6.54 Å². The van der Waals surface area contributed by atoms with Crippen LogP contribution in [0.25, 0.3) is 10.7 Å². The van der Waals surface area contributed by atoms with E-state index in [1.54, 1.807) is 16.2 Å². The Bertz CT molecular complexity index is 947. The summed E-state index contributed by atoms with van der Waals surface area (Å²) in [7, 11) is 0. The van der Waals surface area contributed by atoms with E-state index >= 15 is 0 Å². The van der Waals surface area contributed by atoms with Crippen LogP contribution >= 0.6 is 23.1 Å². The largest absolute Gasteiger partial charge is 0.310 e. The number of amides is 1. The molecule has 0 N–H and O–H groups in total. The fourth-order valence-electron chi connectivity index (χ4n) is 2.81. The van der Waals surface area contributed by atoms with Crippen molar-refractivity contribution in [3.8, 4) is 16.8 Å². The first-order chi connectivity index (χ1) is 13.7. The smallest absolute Gasteiger partial charge is 0.240 e. The maximum Gasteiger partial charge on any atom is 0.240 e. The first-order valence-electron chi connectivity index (χ1n) is 9.02. The third kappa shape index (κ3) is 4.43. The van der Waals surface area contributed by atoms with Crippen LogP contribution in [-0.2, 0) is 11.3 Å². The highest BCUT2D eigenvalue weighted by molar-refractivity contribution is 8.00. The third-order valence-corrected chi connectivity index (χ3v) is 6.12. The molecule has 0 aliphatic rings. The minimum absolute atomic E-state index is 0.0465. The Kier molecular flexibility index (Phi) is 6.85. The Morgan fingerprint density at radius 1 is 1.29 bits per heavy atom. The predicted molar refractivity (Wildman–Crippen MR) is 113 cm³/mol. The van der Waals surface area contributed by atoms with Crippen molar-refractivity contribution in [3.05, 3.63) is 47.8 Å². The average Bonchev–Trinajstić information content (AvgIpc) is 3.38. The van der Waals surface area contributed by atoms with E-state index in [9.17, 15) is 4.79 Å². The third-order valence-electron chi connectivity index (χ3n) is 4.19. The molecule has 2 aromatic heterocycles. The molecule has 1 aromatic carbocycles. The van der Waals surface area contributed by atoms with Gasteiger partial charge in [-0.2, -0.15) is 5.26 Å². The summed E-state index contributed by atoms with van der Waals surface area (Å²) < 4.78 is 2.03. The molecule has 8 heteroatoms. The number of nitriles is 1. The van der Waals surface area contributed by atoms with Gasteiger partial charge in [-0.1, -0.05) is 36.0 Å². The Hall–Kier alpha value is -2.63. The zero-order chi connectivity index (χ0) is 19.9. The molecule has 0 saturated heterocycles. The second-order valence-corrected chi connectivity index (χ2v) is 8.28. The lowest BCUT2D eigenvalue weighted by Crippen LogP contribution is -2.37. The Morgan fingerprint density at radius 2 is 2.07 bits per heavy atom. The van der Waals surface area contributed by atoms with Crippen molar-refractivity contribution in [1.29, 1.82) is 5.26 Å². The van der Waals surface area contributed by atoms with Crippen LogP contribution in [0.2, 0.25) is 0 Å². The van der Waals surface area contributed by atoms with Gasteiger partial charge in [0, 0.05) is 18.8 Å². The molecule has 144 valence electrons. The summed E-state index contributed by atoms with van der Waals surface area (Å²) in [6, 6.07) is 15.6. The number of nitrogens with zero attached hydrogens (tertiary/aromatic N) is 5. The fraction of sp³-hybridized carbons (Fsp3) is 0.300. The number of thioether (sulfide) groups is 1. The molecular weight excluding hydrogens is 390 g/mol. The molecule has 0 fully saturated rings. The Morgan fingerprint density at radius 3 is 2.71 bits per heavy atom. The maximum absolute atomic E-state index is 13.1. The van der Waals surface area contributed by atoms with Gasteiger partial charge in [0.15, 0.2) is 11.0 Å². The molecule has 6 nitrogen and oxygen atoms in total. The summed E-state index contributed by atoms with van der Waals surface area (Å²) >= 11 is 3.01. The van der Waals surface area contributed by atoms with Gasteiger partial charge < -0.3 is 9.47 Å². The lowest BCUT2D eigenvalue weighted by Gasteiger charge is -2.24. The monoisotopic (exact) mass is 411 g/mol. The van der Waals surface area contributed by atoms with Crippen LogP contribution in [0.1, 0.15) is 20.3 Å². The molecule has 1 atom stereocenters. The van der Waals surface area contributed by atoms with Crippen molar-refractivity contribution in [2.24, 2.45) is 0 Å². The van der Waals surface area contributed by atoms with Crippen LogP contribution < -0.4 is 4.90 Å². The Labute approximate surface area is 172 Å². The molecule has 3 rings (SSSR count). The van der Waals surface area contributed by atoms with Gasteiger partial charge in [-0.3, -0.25) is 4.79 Å². The molecule has 0 radical (unpaired) electrons. The molecule has 1 amide bonds. The molecule has 0 aliphatic carbocycles. The summed E-state index contributed by atoms with van der Waals surface area (Å²) in [4.78, 5) is 15.9. The second kappa shape index (κ2) is 9.53. The molecule has 0 bridgehead atoms. The first kappa shape index (κ1) is 20.1. The Balaban J connectivity index is 1.80. The van der Waals surface area contributed by atoms with Crippen LogP contribution in [0.4, 0.5) is 5.69 Å². The highest BCUT2D eigenvalue weighted by atomic mass is 32.2. The van der Waals surface area contributed by atoms with Crippen LogP contribution in [0.3, 0.4) is 0 Å². The number of benzene rings is 1. The summed E-state index contributed by atoms with van der Waals surface area (Å²) in [5.74, 6) is 0.777. The second-order valence-electron chi connectivity index (χ2n) is 6.02. The van der Waals surface area contributed by atoms with Crippen molar-refractivity contribution in [2.75, 3.05) is 11.4 Å². The molecule has 0 spiro atoms. The van der Waals surface area contributed by atoms with E-state index in [2.05, 4.69) is 16.3 Å². The van der Waals surface area contributed by atoms with Crippen LogP contribution in [0.5, 0.6) is 0 Å². The number of carbonyl (C=O) groups excluding carboxylic acids is 1. The van der Waals surface area contributed by atoms with E-state index in [0.717, 1.165) is 28.1 Å². The quantitative estimate of drug-likeness (QED) is 0.512. The van der Waals surface area contributed by atoms with Crippen LogP contribution in [0.15, 0.2) is 53.0 Å². The number of para-hydroxylation sites is 1. The molecule has 0 aliphatic heterocycles. The van der Waals surface area contributed by atoms with E-state index in [1.807, 2.05) is 66.3 Å². The zero-order valence-electron chi connectivity index (χ0n) is 15.8. The van der Waals surface area contributed by atoms with Crippen molar-refractivity contribution in [2.45, 2.75) is 37.2 Å². The molecule has 2 heterocycles. The van der Waals surface area contributed by atoms with Gasteiger partial charge in [-0.15, -0.1) is 21.5 Å². The molecular formula is C20H21N5OS2. The van der Waals surface area contributed by atoms with Gasteiger partial charge in [0.2, 0.25) is 5.91 Å². The van der Waals surface area contributed by atoms with Crippen molar-refractivity contribution in [1.82, 2.24) is 14.8 Å². The van der Waals surface area contributed by atoms with E-state index < -0.39 is 0 Å². The number of thiophene rings is 1. The summed E-state index contributed by atoms with van der Waals surface area (Å²) in [5.41, 5.74) is 0.798.